The second-order valence-electron chi connectivity index (χ2n) is 6.07. The van der Waals surface area contributed by atoms with Crippen molar-refractivity contribution in [1.29, 1.82) is 0 Å². The third kappa shape index (κ3) is 6.08. The molecule has 5 nitrogen and oxygen atoms in total. The Kier molecular flexibility index (Phi) is 7.48. The molecule has 0 radical (unpaired) electrons. The summed E-state index contributed by atoms with van der Waals surface area (Å²) in [6, 6.07) is 14.1. The highest BCUT2D eigenvalue weighted by atomic mass is 35.5. The first kappa shape index (κ1) is 19.8. The largest absolute Gasteiger partial charge is 0.489 e. The number of nitrogens with one attached hydrogen (secondary N) is 2. The third-order valence-corrected chi connectivity index (χ3v) is 4.16. The Morgan fingerprint density at radius 2 is 1.69 bits per heavy atom. The molecule has 0 aliphatic rings. The summed E-state index contributed by atoms with van der Waals surface area (Å²) in [7, 11) is 0. The number of ether oxygens (including phenoxy) is 1. The van der Waals surface area contributed by atoms with E-state index in [9.17, 15) is 9.59 Å². The van der Waals surface area contributed by atoms with Crippen LogP contribution >= 0.6 is 11.6 Å². The molecule has 0 saturated carbocycles. The van der Waals surface area contributed by atoms with Crippen molar-refractivity contribution in [3.63, 3.8) is 0 Å². The third-order valence-electron chi connectivity index (χ3n) is 3.90. The minimum atomic E-state index is -0.354. The minimum Gasteiger partial charge on any atom is -0.489 e. The Labute approximate surface area is 158 Å². The summed E-state index contributed by atoms with van der Waals surface area (Å²) in [6.45, 7) is 4.23. The molecule has 2 amide bonds. The molecule has 1 atom stereocenters. The van der Waals surface area contributed by atoms with Gasteiger partial charge in [-0.1, -0.05) is 44.0 Å². The fourth-order valence-electron chi connectivity index (χ4n) is 2.33. The number of carbonyl (C=O) groups is 2. The summed E-state index contributed by atoms with van der Waals surface area (Å²) in [5.74, 6) is 0.0493. The van der Waals surface area contributed by atoms with Gasteiger partial charge in [-0.3, -0.25) is 20.4 Å². The van der Waals surface area contributed by atoms with Gasteiger partial charge in [-0.15, -0.1) is 0 Å². The Balaban J connectivity index is 1.83. The van der Waals surface area contributed by atoms with E-state index < -0.39 is 0 Å². The second kappa shape index (κ2) is 9.82. The lowest BCUT2D eigenvalue weighted by molar-refractivity contribution is -0.125. The lowest BCUT2D eigenvalue weighted by Crippen LogP contribution is -2.44. The van der Waals surface area contributed by atoms with Crippen LogP contribution in [-0.2, 0) is 11.4 Å². The highest BCUT2D eigenvalue weighted by Gasteiger charge is 2.13. The van der Waals surface area contributed by atoms with Crippen molar-refractivity contribution in [2.24, 2.45) is 5.92 Å². The van der Waals surface area contributed by atoms with Crippen molar-refractivity contribution in [3.05, 3.63) is 64.7 Å². The predicted octanol–water partition coefficient (Wildman–Crippen LogP) is 4.12. The van der Waals surface area contributed by atoms with Gasteiger partial charge in [-0.25, -0.2) is 0 Å². The highest BCUT2D eigenvalue weighted by molar-refractivity contribution is 6.30. The van der Waals surface area contributed by atoms with Gasteiger partial charge in [0.15, 0.2) is 0 Å². The smallest absolute Gasteiger partial charge is 0.269 e. The first-order chi connectivity index (χ1) is 12.5. The van der Waals surface area contributed by atoms with E-state index in [1.807, 2.05) is 26.0 Å². The molecule has 138 valence electrons. The van der Waals surface area contributed by atoms with Crippen molar-refractivity contribution < 1.29 is 14.3 Å². The van der Waals surface area contributed by atoms with Gasteiger partial charge in [-0.2, -0.15) is 0 Å². The maximum Gasteiger partial charge on any atom is 0.269 e. The van der Waals surface area contributed by atoms with E-state index in [2.05, 4.69) is 10.9 Å². The van der Waals surface area contributed by atoms with Crippen LogP contribution in [-0.4, -0.2) is 11.8 Å². The Hall–Kier alpha value is -2.53. The fraction of sp³-hybridized carbons (Fsp3) is 0.300. The first-order valence-corrected chi connectivity index (χ1v) is 8.95. The van der Waals surface area contributed by atoms with Crippen molar-refractivity contribution in [3.8, 4) is 5.75 Å². The predicted molar refractivity (Wildman–Crippen MR) is 102 cm³/mol. The Morgan fingerprint density at radius 3 is 2.31 bits per heavy atom. The zero-order valence-electron chi connectivity index (χ0n) is 14.9. The van der Waals surface area contributed by atoms with Gasteiger partial charge in [0.25, 0.3) is 5.91 Å². The standard InChI is InChI=1S/C20H23ClN2O3/c1-3-4-14(2)19(24)22-23-20(25)16-7-5-15(6-8-16)13-26-18-11-9-17(21)10-12-18/h5-12,14H,3-4,13H2,1-2H3,(H,22,24)(H,23,25). The van der Waals surface area contributed by atoms with E-state index in [-0.39, 0.29) is 17.7 Å². The van der Waals surface area contributed by atoms with Crippen molar-refractivity contribution >= 4 is 23.4 Å². The average Bonchev–Trinajstić information content (AvgIpc) is 2.66. The van der Waals surface area contributed by atoms with Crippen LogP contribution in [0.5, 0.6) is 5.75 Å². The number of hydrogen-bond acceptors (Lipinski definition) is 3. The molecule has 1 unspecified atom stereocenters. The quantitative estimate of drug-likeness (QED) is 0.716. The summed E-state index contributed by atoms with van der Waals surface area (Å²) in [5.41, 5.74) is 6.29. The van der Waals surface area contributed by atoms with Crippen LogP contribution in [0.4, 0.5) is 0 Å². The summed E-state index contributed by atoms with van der Waals surface area (Å²) in [4.78, 5) is 23.9. The number of amides is 2. The zero-order chi connectivity index (χ0) is 18.9. The van der Waals surface area contributed by atoms with Crippen molar-refractivity contribution in [2.45, 2.75) is 33.3 Å². The number of hydrazine groups is 1. The first-order valence-electron chi connectivity index (χ1n) is 8.57. The van der Waals surface area contributed by atoms with Gasteiger partial charge in [0.2, 0.25) is 5.91 Å². The van der Waals surface area contributed by atoms with Crippen LogP contribution in [0.1, 0.15) is 42.6 Å². The molecule has 2 aromatic carbocycles. The number of hydrogen-bond donors (Lipinski definition) is 2. The topological polar surface area (TPSA) is 67.4 Å². The molecule has 2 rings (SSSR count). The monoisotopic (exact) mass is 374 g/mol. The molecule has 0 heterocycles. The molecule has 0 aromatic heterocycles. The number of carbonyl (C=O) groups excluding carboxylic acids is 2. The molecule has 2 N–H and O–H groups in total. The van der Waals surface area contributed by atoms with E-state index in [0.717, 1.165) is 24.2 Å². The molecule has 0 aliphatic carbocycles. The molecule has 6 heteroatoms. The van der Waals surface area contributed by atoms with Crippen molar-refractivity contribution in [1.82, 2.24) is 10.9 Å². The second-order valence-corrected chi connectivity index (χ2v) is 6.51. The van der Waals surface area contributed by atoms with Crippen LogP contribution in [0, 0.1) is 5.92 Å². The normalized spacial score (nSPS) is 11.5. The van der Waals surface area contributed by atoms with E-state index in [0.29, 0.717) is 17.2 Å². The highest BCUT2D eigenvalue weighted by Crippen LogP contribution is 2.17. The lowest BCUT2D eigenvalue weighted by atomic mass is 10.1. The van der Waals surface area contributed by atoms with Gasteiger partial charge in [0.05, 0.1) is 0 Å². The van der Waals surface area contributed by atoms with Gasteiger partial charge in [-0.05, 0) is 48.4 Å². The van der Waals surface area contributed by atoms with Crippen LogP contribution in [0.15, 0.2) is 48.5 Å². The summed E-state index contributed by atoms with van der Waals surface area (Å²) in [6.07, 6.45) is 1.70. The molecule has 0 fully saturated rings. The van der Waals surface area contributed by atoms with Crippen LogP contribution < -0.4 is 15.6 Å². The van der Waals surface area contributed by atoms with Gasteiger partial charge < -0.3 is 4.74 Å². The molecular formula is C20H23ClN2O3. The minimum absolute atomic E-state index is 0.132. The molecule has 0 bridgehead atoms. The maximum atomic E-state index is 12.1. The summed E-state index contributed by atoms with van der Waals surface area (Å²) < 4.78 is 5.66. The van der Waals surface area contributed by atoms with E-state index >= 15 is 0 Å². The van der Waals surface area contributed by atoms with E-state index in [4.69, 9.17) is 16.3 Å². The van der Waals surface area contributed by atoms with Gasteiger partial charge >= 0.3 is 0 Å². The fourth-order valence-corrected chi connectivity index (χ4v) is 2.45. The van der Waals surface area contributed by atoms with E-state index in [1.54, 1.807) is 36.4 Å². The maximum absolute atomic E-state index is 12.1. The molecule has 2 aromatic rings. The van der Waals surface area contributed by atoms with Gasteiger partial charge in [0, 0.05) is 16.5 Å². The SMILES string of the molecule is CCCC(C)C(=O)NNC(=O)c1ccc(COc2ccc(Cl)cc2)cc1. The zero-order valence-corrected chi connectivity index (χ0v) is 15.7. The van der Waals surface area contributed by atoms with Crippen LogP contribution in [0.25, 0.3) is 0 Å². The molecular weight excluding hydrogens is 352 g/mol. The number of rotatable bonds is 7. The number of halogens is 1. The average molecular weight is 375 g/mol. The summed E-state index contributed by atoms with van der Waals surface area (Å²) in [5, 5.41) is 0.656. The summed E-state index contributed by atoms with van der Waals surface area (Å²) >= 11 is 5.83. The molecule has 0 saturated heterocycles. The Bertz CT molecular complexity index is 730. The molecule has 26 heavy (non-hydrogen) atoms. The molecule has 0 spiro atoms. The van der Waals surface area contributed by atoms with Gasteiger partial charge in [0.1, 0.15) is 12.4 Å². The Morgan fingerprint density at radius 1 is 1.04 bits per heavy atom. The van der Waals surface area contributed by atoms with E-state index in [1.165, 1.54) is 0 Å². The van der Waals surface area contributed by atoms with Crippen LogP contribution in [0.2, 0.25) is 5.02 Å². The number of benzene rings is 2. The van der Waals surface area contributed by atoms with Crippen molar-refractivity contribution in [2.75, 3.05) is 0 Å². The lowest BCUT2D eigenvalue weighted by Gasteiger charge is -2.12. The van der Waals surface area contributed by atoms with Crippen LogP contribution in [0.3, 0.4) is 0 Å². The molecule has 0 aliphatic heterocycles.